The number of furan rings is 1. The van der Waals surface area contributed by atoms with E-state index in [2.05, 4.69) is 194 Å². The fourth-order valence-electron chi connectivity index (χ4n) is 10.5. The van der Waals surface area contributed by atoms with Crippen molar-refractivity contribution in [3.8, 4) is 67.7 Å². The molecule has 5 nitrogen and oxygen atoms in total. The molecule has 11 aromatic carbocycles. The second-order valence-electron chi connectivity index (χ2n) is 17.7. The third-order valence-corrected chi connectivity index (χ3v) is 13.7. The summed E-state index contributed by atoms with van der Waals surface area (Å²) in [5.41, 5.74) is 11.9. The van der Waals surface area contributed by atoms with Gasteiger partial charge in [-0.25, -0.2) is 19.9 Å². The number of aromatic nitrogens is 4. The van der Waals surface area contributed by atoms with Crippen LogP contribution in [0.2, 0.25) is 0 Å². The average molecular weight is 879 g/mol. The molecular weight excluding hydrogens is 841 g/mol. The van der Waals surface area contributed by atoms with Gasteiger partial charge in [0.2, 0.25) is 0 Å². The number of pyridine rings is 1. The third-order valence-electron chi connectivity index (χ3n) is 13.7. The minimum Gasteiger partial charge on any atom is -0.456 e. The number of rotatable bonds is 6. The number of hydrogen-bond acceptors (Lipinski definition) is 5. The molecule has 0 spiro atoms. The van der Waals surface area contributed by atoms with Gasteiger partial charge in [-0.2, -0.15) is 0 Å². The van der Waals surface area contributed by atoms with Crippen molar-refractivity contribution in [2.75, 3.05) is 0 Å². The Balaban J connectivity index is 0.862. The molecule has 14 rings (SSSR count). The molecule has 0 aliphatic rings. The minimum absolute atomic E-state index is 0.618. The lowest BCUT2D eigenvalue weighted by Crippen LogP contribution is -2.00. The number of nitrogens with zero attached hydrogens (tertiary/aromatic N) is 4. The van der Waals surface area contributed by atoms with E-state index < -0.39 is 0 Å². The van der Waals surface area contributed by atoms with E-state index in [1.807, 2.05) is 36.4 Å². The van der Waals surface area contributed by atoms with Crippen LogP contribution in [0.4, 0.5) is 0 Å². The maximum Gasteiger partial charge on any atom is 0.164 e. The van der Waals surface area contributed by atoms with E-state index in [1.165, 1.54) is 37.7 Å². The van der Waals surface area contributed by atoms with E-state index >= 15 is 0 Å². The van der Waals surface area contributed by atoms with Crippen LogP contribution in [0.25, 0.3) is 144 Å². The van der Waals surface area contributed by atoms with E-state index in [1.54, 1.807) is 0 Å². The maximum absolute atomic E-state index is 6.60. The maximum atomic E-state index is 6.60. The van der Waals surface area contributed by atoms with Gasteiger partial charge in [-0.1, -0.05) is 206 Å². The standard InChI is InChI=1S/C64H38N4O/c1-3-15-41(16-4-1)58-59-51-23-11-13-25-55(51)65-61(54(59)38-57-60(58)52-24-12-14-26-56(52)69-57)42-31-27-39(28-32-42)40-29-33-44(34-30-40)63-66-62(43-17-5-2-6-18-43)67-64(68-63)45-35-36-50-48-21-8-7-19-46(48)47-20-9-10-22-49(47)53(50)37-45/h1-38H. The van der Waals surface area contributed by atoms with Crippen molar-refractivity contribution in [3.63, 3.8) is 0 Å². The lowest BCUT2D eigenvalue weighted by molar-refractivity contribution is 0.669. The van der Waals surface area contributed by atoms with Crippen molar-refractivity contribution in [2.24, 2.45) is 0 Å². The monoisotopic (exact) mass is 878 g/mol. The summed E-state index contributed by atoms with van der Waals surface area (Å²) in [6.45, 7) is 0. The molecule has 0 aliphatic heterocycles. The van der Waals surface area contributed by atoms with Gasteiger partial charge in [0.15, 0.2) is 17.5 Å². The summed E-state index contributed by atoms with van der Waals surface area (Å²) in [6.07, 6.45) is 0. The fraction of sp³-hybridized carbons (Fsp3) is 0. The summed E-state index contributed by atoms with van der Waals surface area (Å²) in [7, 11) is 0. The van der Waals surface area contributed by atoms with Gasteiger partial charge in [-0.15, -0.1) is 0 Å². The molecule has 0 saturated heterocycles. The second kappa shape index (κ2) is 15.7. The highest BCUT2D eigenvalue weighted by molar-refractivity contribution is 6.28. The molecule has 0 fully saturated rings. The quantitative estimate of drug-likeness (QED) is 0.156. The molecule has 0 amide bonds. The van der Waals surface area contributed by atoms with E-state index in [0.29, 0.717) is 17.5 Å². The van der Waals surface area contributed by atoms with Crippen LogP contribution < -0.4 is 0 Å². The van der Waals surface area contributed by atoms with Crippen LogP contribution in [-0.4, -0.2) is 19.9 Å². The average Bonchev–Trinajstić information content (AvgIpc) is 3.81. The topological polar surface area (TPSA) is 64.7 Å². The lowest BCUT2D eigenvalue weighted by atomic mass is 9.89. The van der Waals surface area contributed by atoms with Crippen LogP contribution in [0.1, 0.15) is 0 Å². The van der Waals surface area contributed by atoms with Crippen molar-refractivity contribution >= 4 is 75.9 Å². The zero-order valence-corrected chi connectivity index (χ0v) is 37.1. The molecular formula is C64H38N4O. The molecule has 0 saturated carbocycles. The number of fused-ring (bicyclic) bond motifs is 12. The van der Waals surface area contributed by atoms with Gasteiger partial charge in [0.05, 0.1) is 11.2 Å². The molecule has 0 N–H and O–H groups in total. The van der Waals surface area contributed by atoms with Crippen molar-refractivity contribution in [3.05, 3.63) is 231 Å². The van der Waals surface area contributed by atoms with Crippen LogP contribution in [0.15, 0.2) is 235 Å². The first-order valence-corrected chi connectivity index (χ1v) is 23.3. The van der Waals surface area contributed by atoms with Crippen molar-refractivity contribution in [2.45, 2.75) is 0 Å². The molecule has 3 heterocycles. The van der Waals surface area contributed by atoms with E-state index in [4.69, 9.17) is 24.4 Å². The zero-order chi connectivity index (χ0) is 45.4. The Morgan fingerprint density at radius 3 is 1.33 bits per heavy atom. The molecule has 69 heavy (non-hydrogen) atoms. The van der Waals surface area contributed by atoms with E-state index in [-0.39, 0.29) is 0 Å². The normalized spacial score (nSPS) is 11.8. The SMILES string of the molecule is c1ccc(-c2nc(-c3ccc(-c4ccc(-c5nc6ccccc6c6c(-c7ccccc7)c7c(cc56)oc5ccccc57)cc4)cc3)nc(-c3ccc4c5ccccc5c5ccccc5c4c3)n2)cc1. The summed E-state index contributed by atoms with van der Waals surface area (Å²) in [5, 5.41) is 12.8. The van der Waals surface area contributed by atoms with Gasteiger partial charge >= 0.3 is 0 Å². The summed E-state index contributed by atoms with van der Waals surface area (Å²) < 4.78 is 6.60. The van der Waals surface area contributed by atoms with E-state index in [9.17, 15) is 0 Å². The molecule has 0 aliphatic carbocycles. The molecule has 320 valence electrons. The first kappa shape index (κ1) is 38.9. The van der Waals surface area contributed by atoms with Crippen LogP contribution in [0.5, 0.6) is 0 Å². The second-order valence-corrected chi connectivity index (χ2v) is 17.7. The van der Waals surface area contributed by atoms with Gasteiger partial charge in [0.25, 0.3) is 0 Å². The first-order valence-electron chi connectivity index (χ1n) is 23.3. The molecule has 0 atom stereocenters. The van der Waals surface area contributed by atoms with Crippen molar-refractivity contribution in [1.82, 2.24) is 19.9 Å². The van der Waals surface area contributed by atoms with Crippen LogP contribution in [0, 0.1) is 0 Å². The molecule has 14 aromatic rings. The summed E-state index contributed by atoms with van der Waals surface area (Å²) in [4.78, 5) is 20.7. The number of benzene rings is 11. The van der Waals surface area contributed by atoms with Crippen LogP contribution >= 0.6 is 0 Å². The largest absolute Gasteiger partial charge is 0.456 e. The van der Waals surface area contributed by atoms with Gasteiger partial charge in [0.1, 0.15) is 11.2 Å². The number of hydrogen-bond donors (Lipinski definition) is 0. The lowest BCUT2D eigenvalue weighted by Gasteiger charge is -2.16. The van der Waals surface area contributed by atoms with Gasteiger partial charge in [0, 0.05) is 54.7 Å². The third kappa shape index (κ3) is 6.40. The Hall–Kier alpha value is -9.32. The Kier molecular flexibility index (Phi) is 8.83. The Labute approximate surface area is 396 Å². The molecule has 0 unspecified atom stereocenters. The predicted octanol–water partition coefficient (Wildman–Crippen LogP) is 16.9. The Morgan fingerprint density at radius 2 is 0.696 bits per heavy atom. The smallest absolute Gasteiger partial charge is 0.164 e. The van der Waals surface area contributed by atoms with Gasteiger partial charge < -0.3 is 4.42 Å². The fourth-order valence-corrected chi connectivity index (χ4v) is 10.5. The number of para-hydroxylation sites is 2. The molecule has 0 bridgehead atoms. The Bertz CT molecular complexity index is 4300. The van der Waals surface area contributed by atoms with Crippen LogP contribution in [0.3, 0.4) is 0 Å². The first-order chi connectivity index (χ1) is 34.2. The summed E-state index contributed by atoms with van der Waals surface area (Å²) in [6, 6.07) is 81.0. The summed E-state index contributed by atoms with van der Waals surface area (Å²) >= 11 is 0. The van der Waals surface area contributed by atoms with Gasteiger partial charge in [-0.3, -0.25) is 0 Å². The highest BCUT2D eigenvalue weighted by Crippen LogP contribution is 2.46. The highest BCUT2D eigenvalue weighted by Gasteiger charge is 2.22. The molecule has 5 heteroatoms. The minimum atomic E-state index is 0.618. The Morgan fingerprint density at radius 1 is 0.246 bits per heavy atom. The summed E-state index contributed by atoms with van der Waals surface area (Å²) in [5.74, 6) is 1.88. The molecule has 3 aromatic heterocycles. The van der Waals surface area contributed by atoms with Crippen molar-refractivity contribution < 1.29 is 4.42 Å². The zero-order valence-electron chi connectivity index (χ0n) is 37.1. The van der Waals surface area contributed by atoms with Crippen molar-refractivity contribution in [1.29, 1.82) is 0 Å². The van der Waals surface area contributed by atoms with E-state index in [0.717, 1.165) is 88.4 Å². The van der Waals surface area contributed by atoms with Crippen LogP contribution in [-0.2, 0) is 0 Å². The molecule has 0 radical (unpaired) electrons. The predicted molar refractivity (Wildman–Crippen MR) is 285 cm³/mol. The van der Waals surface area contributed by atoms with Gasteiger partial charge in [-0.05, 0) is 73.3 Å². The highest BCUT2D eigenvalue weighted by atomic mass is 16.3.